The van der Waals surface area contributed by atoms with Gasteiger partial charge in [0.2, 0.25) is 0 Å². The molecule has 1 aromatic heterocycles. The molecule has 1 amide bonds. The van der Waals surface area contributed by atoms with Crippen molar-refractivity contribution in [1.82, 2.24) is 4.98 Å². The number of carbonyl (C=O) groups is 1. The van der Waals surface area contributed by atoms with Crippen LogP contribution in [0.5, 0.6) is 0 Å². The van der Waals surface area contributed by atoms with E-state index < -0.39 is 5.60 Å². The van der Waals surface area contributed by atoms with Crippen LogP contribution in [-0.4, -0.2) is 23.2 Å². The average Bonchev–Trinajstić information content (AvgIpc) is 2.57. The number of fused-ring (bicyclic) bond motifs is 1. The molecule has 0 aliphatic carbocycles. The van der Waals surface area contributed by atoms with Crippen molar-refractivity contribution < 1.29 is 9.53 Å². The summed E-state index contributed by atoms with van der Waals surface area (Å²) in [5, 5.41) is 0. The summed E-state index contributed by atoms with van der Waals surface area (Å²) in [4.78, 5) is 17.9. The second kappa shape index (κ2) is 4.02. The van der Waals surface area contributed by atoms with Crippen LogP contribution in [0, 0.1) is 6.92 Å². The zero-order valence-electron chi connectivity index (χ0n) is 10.8. The highest BCUT2D eigenvalue weighted by Crippen LogP contribution is 2.29. The Morgan fingerprint density at radius 3 is 2.82 bits per heavy atom. The van der Waals surface area contributed by atoms with Gasteiger partial charge in [0.1, 0.15) is 5.60 Å². The lowest BCUT2D eigenvalue weighted by Crippen LogP contribution is -2.35. The lowest BCUT2D eigenvalue weighted by atomic mass is 10.2. The molecule has 17 heavy (non-hydrogen) atoms. The van der Waals surface area contributed by atoms with Gasteiger partial charge in [-0.25, -0.2) is 4.79 Å². The summed E-state index contributed by atoms with van der Waals surface area (Å²) in [7, 11) is 0. The molecule has 0 saturated heterocycles. The van der Waals surface area contributed by atoms with Gasteiger partial charge in [0.15, 0.2) is 0 Å². The largest absolute Gasteiger partial charge is 0.443 e. The Morgan fingerprint density at radius 1 is 1.47 bits per heavy atom. The molecular weight excluding hydrogens is 216 g/mol. The number of aromatic nitrogens is 1. The second-order valence-electron chi connectivity index (χ2n) is 5.34. The molecule has 4 nitrogen and oxygen atoms in total. The number of amides is 1. The van der Waals surface area contributed by atoms with Crippen molar-refractivity contribution in [1.29, 1.82) is 0 Å². The predicted molar refractivity (Wildman–Crippen MR) is 66.3 cm³/mol. The third-order valence-electron chi connectivity index (χ3n) is 2.61. The van der Waals surface area contributed by atoms with Crippen molar-refractivity contribution in [3.8, 4) is 0 Å². The zero-order chi connectivity index (χ0) is 12.6. The first-order valence-electron chi connectivity index (χ1n) is 5.83. The molecular formula is C13H18N2O2. The summed E-state index contributed by atoms with van der Waals surface area (Å²) in [6.07, 6.45) is 2.42. The van der Waals surface area contributed by atoms with Gasteiger partial charge >= 0.3 is 6.09 Å². The number of rotatable bonds is 0. The Labute approximate surface area is 102 Å². The average molecular weight is 234 g/mol. The maximum Gasteiger partial charge on any atom is 0.414 e. The smallest absolute Gasteiger partial charge is 0.414 e. The number of carbonyl (C=O) groups excluding carboxylic acids is 1. The molecule has 2 rings (SSSR count). The number of hydrogen-bond acceptors (Lipinski definition) is 3. The summed E-state index contributed by atoms with van der Waals surface area (Å²) >= 11 is 0. The third kappa shape index (κ3) is 2.57. The number of anilines is 1. The van der Waals surface area contributed by atoms with Crippen LogP contribution >= 0.6 is 0 Å². The minimum absolute atomic E-state index is 0.276. The van der Waals surface area contributed by atoms with Gasteiger partial charge in [-0.2, -0.15) is 0 Å². The predicted octanol–water partition coefficient (Wildman–Crippen LogP) is 2.69. The maximum atomic E-state index is 12.0. The second-order valence-corrected chi connectivity index (χ2v) is 5.34. The van der Waals surface area contributed by atoms with E-state index >= 15 is 0 Å². The van der Waals surface area contributed by atoms with Gasteiger partial charge in [-0.15, -0.1) is 0 Å². The van der Waals surface area contributed by atoms with E-state index in [9.17, 15) is 4.79 Å². The summed E-state index contributed by atoms with van der Waals surface area (Å²) in [5.74, 6) is 0. The molecule has 0 bridgehead atoms. The number of aryl methyl sites for hydroxylation is 1. The van der Waals surface area contributed by atoms with Gasteiger partial charge in [-0.05, 0) is 45.7 Å². The lowest BCUT2D eigenvalue weighted by molar-refractivity contribution is 0.0584. The standard InChI is InChI=1S/C13H18N2O2/c1-9-7-11-10(8-14-9)5-6-15(11)12(16)17-13(2,3)4/h7-8H,5-6H2,1-4H3. The topological polar surface area (TPSA) is 42.4 Å². The first-order valence-corrected chi connectivity index (χ1v) is 5.83. The number of pyridine rings is 1. The molecule has 0 unspecified atom stereocenters. The van der Waals surface area contributed by atoms with Crippen molar-refractivity contribution in [2.45, 2.75) is 39.7 Å². The van der Waals surface area contributed by atoms with E-state index in [0.717, 1.165) is 23.4 Å². The Hall–Kier alpha value is -1.58. The fourth-order valence-electron chi connectivity index (χ4n) is 1.88. The van der Waals surface area contributed by atoms with E-state index in [-0.39, 0.29) is 6.09 Å². The van der Waals surface area contributed by atoms with Crippen molar-refractivity contribution in [2.75, 3.05) is 11.4 Å². The molecule has 4 heteroatoms. The molecule has 0 aromatic carbocycles. The highest BCUT2D eigenvalue weighted by Gasteiger charge is 2.29. The minimum Gasteiger partial charge on any atom is -0.443 e. The Morgan fingerprint density at radius 2 is 2.18 bits per heavy atom. The molecule has 1 aliphatic heterocycles. The van der Waals surface area contributed by atoms with Crippen LogP contribution < -0.4 is 4.90 Å². The summed E-state index contributed by atoms with van der Waals surface area (Å²) in [6, 6.07) is 1.94. The van der Waals surface area contributed by atoms with Crippen molar-refractivity contribution in [3.63, 3.8) is 0 Å². The number of hydrogen-bond donors (Lipinski definition) is 0. The molecule has 0 radical (unpaired) electrons. The van der Waals surface area contributed by atoms with Crippen molar-refractivity contribution in [3.05, 3.63) is 23.5 Å². The summed E-state index contributed by atoms with van der Waals surface area (Å²) in [5.41, 5.74) is 2.51. The minimum atomic E-state index is -0.456. The van der Waals surface area contributed by atoms with Gasteiger partial charge in [-0.1, -0.05) is 0 Å². The molecule has 0 N–H and O–H groups in total. The fraction of sp³-hybridized carbons (Fsp3) is 0.538. The highest BCUT2D eigenvalue weighted by atomic mass is 16.6. The van der Waals surface area contributed by atoms with Crippen LogP contribution in [0.1, 0.15) is 32.0 Å². The quantitative estimate of drug-likeness (QED) is 0.693. The molecule has 0 saturated carbocycles. The fourth-order valence-corrected chi connectivity index (χ4v) is 1.88. The van der Waals surface area contributed by atoms with Crippen molar-refractivity contribution in [2.24, 2.45) is 0 Å². The third-order valence-corrected chi connectivity index (χ3v) is 2.61. The first kappa shape index (κ1) is 11.9. The van der Waals surface area contributed by atoms with Crippen LogP contribution in [-0.2, 0) is 11.2 Å². The Kier molecular flexibility index (Phi) is 2.81. The van der Waals surface area contributed by atoms with Gasteiger partial charge in [0.25, 0.3) is 0 Å². The van der Waals surface area contributed by atoms with Gasteiger partial charge in [0, 0.05) is 18.4 Å². The van der Waals surface area contributed by atoms with E-state index in [2.05, 4.69) is 4.98 Å². The van der Waals surface area contributed by atoms with E-state index in [0.29, 0.717) is 6.54 Å². The Bertz CT molecular complexity index is 449. The molecule has 1 aliphatic rings. The SMILES string of the molecule is Cc1cc2c(cn1)CCN2C(=O)OC(C)(C)C. The highest BCUT2D eigenvalue weighted by molar-refractivity contribution is 5.90. The zero-order valence-corrected chi connectivity index (χ0v) is 10.8. The van der Waals surface area contributed by atoms with Crippen LogP contribution in [0.15, 0.2) is 12.3 Å². The van der Waals surface area contributed by atoms with Crippen molar-refractivity contribution >= 4 is 11.8 Å². The van der Waals surface area contributed by atoms with E-state index in [4.69, 9.17) is 4.74 Å². The number of nitrogens with zero attached hydrogens (tertiary/aromatic N) is 2. The molecule has 2 heterocycles. The monoisotopic (exact) mass is 234 g/mol. The molecule has 92 valence electrons. The van der Waals surface area contributed by atoms with Crippen LogP contribution in [0.2, 0.25) is 0 Å². The van der Waals surface area contributed by atoms with Gasteiger partial charge < -0.3 is 4.74 Å². The van der Waals surface area contributed by atoms with Crippen LogP contribution in [0.25, 0.3) is 0 Å². The normalized spacial score (nSPS) is 14.7. The van der Waals surface area contributed by atoms with Gasteiger partial charge in [0.05, 0.1) is 5.69 Å². The first-order chi connectivity index (χ1) is 7.87. The summed E-state index contributed by atoms with van der Waals surface area (Å²) in [6.45, 7) is 8.22. The molecule has 0 fully saturated rings. The van der Waals surface area contributed by atoms with E-state index in [1.165, 1.54) is 0 Å². The molecule has 1 aromatic rings. The van der Waals surface area contributed by atoms with Crippen LogP contribution in [0.4, 0.5) is 10.5 Å². The van der Waals surface area contributed by atoms with E-state index in [1.807, 2.05) is 40.0 Å². The maximum absolute atomic E-state index is 12.0. The summed E-state index contributed by atoms with van der Waals surface area (Å²) < 4.78 is 5.38. The lowest BCUT2D eigenvalue weighted by Gasteiger charge is -2.24. The van der Waals surface area contributed by atoms with Gasteiger partial charge in [-0.3, -0.25) is 9.88 Å². The Balaban J connectivity index is 2.22. The molecule has 0 spiro atoms. The number of ether oxygens (including phenoxy) is 1. The molecule has 0 atom stereocenters. The van der Waals surface area contributed by atoms with E-state index in [1.54, 1.807) is 4.90 Å². The van der Waals surface area contributed by atoms with Crippen LogP contribution in [0.3, 0.4) is 0 Å².